The third-order valence-electron chi connectivity index (χ3n) is 2.35. The number of hydrogen-bond donors (Lipinski definition) is 0. The quantitative estimate of drug-likeness (QED) is 0.587. The van der Waals surface area contributed by atoms with Crippen LogP contribution in [-0.4, -0.2) is 24.7 Å². The Labute approximate surface area is 101 Å². The highest BCUT2D eigenvalue weighted by molar-refractivity contribution is 9.10. The largest absolute Gasteiger partial charge is 0.490 e. The Balaban J connectivity index is 2.61. The number of ether oxygens (including phenoxy) is 2. The number of halogens is 1. The summed E-state index contributed by atoms with van der Waals surface area (Å²) >= 11 is 3.25. The van der Waals surface area contributed by atoms with Crippen LogP contribution in [0.3, 0.4) is 0 Å². The normalized spacial score (nSPS) is 14.0. The van der Waals surface area contributed by atoms with E-state index in [1.165, 1.54) is 7.11 Å². The van der Waals surface area contributed by atoms with E-state index in [0.29, 0.717) is 17.0 Å². The van der Waals surface area contributed by atoms with Gasteiger partial charge in [-0.15, -0.1) is 0 Å². The standard InChI is InChI=1S/C11H10BrNO3/c1-6-3-4-16-10-7(6)5-8(12)13-9(10)11(14)15-2/h5H,1,3-4H2,2H3. The van der Waals surface area contributed by atoms with Gasteiger partial charge in [-0.05, 0) is 27.6 Å². The van der Waals surface area contributed by atoms with Crippen molar-refractivity contribution >= 4 is 27.5 Å². The zero-order valence-electron chi connectivity index (χ0n) is 8.75. The van der Waals surface area contributed by atoms with Crippen molar-refractivity contribution < 1.29 is 14.3 Å². The lowest BCUT2D eigenvalue weighted by Gasteiger charge is -2.20. The second-order valence-corrected chi connectivity index (χ2v) is 4.18. The van der Waals surface area contributed by atoms with Crippen LogP contribution < -0.4 is 4.74 Å². The first-order valence-electron chi connectivity index (χ1n) is 4.73. The molecule has 84 valence electrons. The van der Waals surface area contributed by atoms with Crippen molar-refractivity contribution in [2.24, 2.45) is 0 Å². The van der Waals surface area contributed by atoms with E-state index >= 15 is 0 Å². The smallest absolute Gasteiger partial charge is 0.360 e. The van der Waals surface area contributed by atoms with Gasteiger partial charge in [-0.2, -0.15) is 0 Å². The summed E-state index contributed by atoms with van der Waals surface area (Å²) in [7, 11) is 1.31. The van der Waals surface area contributed by atoms with Gasteiger partial charge in [0.05, 0.1) is 13.7 Å². The van der Waals surface area contributed by atoms with E-state index in [2.05, 4.69) is 32.2 Å². The summed E-state index contributed by atoms with van der Waals surface area (Å²) in [6.45, 7) is 4.46. The van der Waals surface area contributed by atoms with E-state index < -0.39 is 5.97 Å². The first kappa shape index (κ1) is 11.1. The number of carbonyl (C=O) groups is 1. The maximum Gasteiger partial charge on any atom is 0.360 e. The fourth-order valence-corrected chi connectivity index (χ4v) is 1.96. The number of nitrogens with zero attached hydrogens (tertiary/aromatic N) is 1. The van der Waals surface area contributed by atoms with Crippen LogP contribution in [-0.2, 0) is 4.74 Å². The van der Waals surface area contributed by atoms with Gasteiger partial charge in [-0.1, -0.05) is 6.58 Å². The molecule has 1 aliphatic heterocycles. The van der Waals surface area contributed by atoms with E-state index in [4.69, 9.17) is 4.74 Å². The molecule has 0 saturated carbocycles. The average molecular weight is 284 g/mol. The first-order chi connectivity index (χ1) is 7.63. The number of fused-ring (bicyclic) bond motifs is 1. The third-order valence-corrected chi connectivity index (χ3v) is 2.76. The molecule has 0 bridgehead atoms. The van der Waals surface area contributed by atoms with Crippen LogP contribution in [0.5, 0.6) is 5.75 Å². The molecule has 2 heterocycles. The molecule has 0 radical (unpaired) electrons. The number of rotatable bonds is 1. The minimum absolute atomic E-state index is 0.188. The highest BCUT2D eigenvalue weighted by Crippen LogP contribution is 2.35. The van der Waals surface area contributed by atoms with Gasteiger partial charge in [0, 0.05) is 12.0 Å². The van der Waals surface area contributed by atoms with Crippen molar-refractivity contribution in [3.8, 4) is 5.75 Å². The molecular formula is C11H10BrNO3. The fraction of sp³-hybridized carbons (Fsp3) is 0.273. The number of methoxy groups -OCH3 is 1. The lowest BCUT2D eigenvalue weighted by atomic mass is 10.0. The maximum absolute atomic E-state index is 11.5. The Morgan fingerprint density at radius 2 is 2.44 bits per heavy atom. The van der Waals surface area contributed by atoms with E-state index in [0.717, 1.165) is 17.6 Å². The Bertz CT molecular complexity index is 471. The van der Waals surface area contributed by atoms with E-state index in [1.54, 1.807) is 6.07 Å². The molecule has 4 nitrogen and oxygen atoms in total. The molecule has 5 heteroatoms. The average Bonchev–Trinajstić information content (AvgIpc) is 2.28. The van der Waals surface area contributed by atoms with E-state index in [9.17, 15) is 4.79 Å². The molecule has 0 aliphatic carbocycles. The SMILES string of the molecule is C=C1CCOc2c1cc(Br)nc2C(=O)OC. The van der Waals surface area contributed by atoms with Crippen molar-refractivity contribution in [3.05, 3.63) is 28.5 Å². The molecule has 0 fully saturated rings. The monoisotopic (exact) mass is 283 g/mol. The number of pyridine rings is 1. The van der Waals surface area contributed by atoms with Gasteiger partial charge >= 0.3 is 5.97 Å². The molecule has 16 heavy (non-hydrogen) atoms. The van der Waals surface area contributed by atoms with Crippen LogP contribution in [0.15, 0.2) is 17.2 Å². The van der Waals surface area contributed by atoms with Crippen LogP contribution in [0.25, 0.3) is 5.57 Å². The van der Waals surface area contributed by atoms with Gasteiger partial charge < -0.3 is 9.47 Å². The van der Waals surface area contributed by atoms with Crippen molar-refractivity contribution in [1.82, 2.24) is 4.98 Å². The summed E-state index contributed by atoms with van der Waals surface area (Å²) in [6.07, 6.45) is 0.754. The van der Waals surface area contributed by atoms with Gasteiger partial charge in [0.15, 0.2) is 11.4 Å². The van der Waals surface area contributed by atoms with Gasteiger partial charge in [0.2, 0.25) is 0 Å². The summed E-state index contributed by atoms with van der Waals surface area (Å²) in [5.74, 6) is -0.0430. The summed E-state index contributed by atoms with van der Waals surface area (Å²) < 4.78 is 10.7. The van der Waals surface area contributed by atoms with Crippen LogP contribution in [0.2, 0.25) is 0 Å². The molecule has 0 amide bonds. The number of hydrogen-bond acceptors (Lipinski definition) is 4. The fourth-order valence-electron chi connectivity index (χ4n) is 1.56. The summed E-state index contributed by atoms with van der Waals surface area (Å²) in [4.78, 5) is 15.6. The minimum Gasteiger partial charge on any atom is -0.490 e. The van der Waals surface area contributed by atoms with Gasteiger partial charge in [-0.3, -0.25) is 0 Å². The molecule has 0 unspecified atom stereocenters. The van der Waals surface area contributed by atoms with Gasteiger partial charge in [-0.25, -0.2) is 9.78 Å². The van der Waals surface area contributed by atoms with Crippen molar-refractivity contribution in [3.63, 3.8) is 0 Å². The van der Waals surface area contributed by atoms with Crippen LogP contribution in [0, 0.1) is 0 Å². The van der Waals surface area contributed by atoms with Crippen molar-refractivity contribution in [2.45, 2.75) is 6.42 Å². The predicted octanol–water partition coefficient (Wildman–Crippen LogP) is 2.43. The minimum atomic E-state index is -0.507. The lowest BCUT2D eigenvalue weighted by Crippen LogP contribution is -2.15. The summed E-state index contributed by atoms with van der Waals surface area (Å²) in [5, 5.41) is 0. The molecule has 0 saturated heterocycles. The van der Waals surface area contributed by atoms with Gasteiger partial charge in [0.25, 0.3) is 0 Å². The summed E-state index contributed by atoms with van der Waals surface area (Å²) in [6, 6.07) is 1.79. The molecule has 1 aliphatic rings. The predicted molar refractivity (Wildman–Crippen MR) is 62.4 cm³/mol. The summed E-state index contributed by atoms with van der Waals surface area (Å²) in [5.41, 5.74) is 1.94. The third kappa shape index (κ3) is 1.82. The second kappa shape index (κ2) is 4.25. The van der Waals surface area contributed by atoms with Crippen LogP contribution in [0.4, 0.5) is 0 Å². The Kier molecular flexibility index (Phi) is 2.96. The second-order valence-electron chi connectivity index (χ2n) is 3.36. The van der Waals surface area contributed by atoms with Crippen LogP contribution >= 0.6 is 15.9 Å². The van der Waals surface area contributed by atoms with Gasteiger partial charge in [0.1, 0.15) is 4.60 Å². The van der Waals surface area contributed by atoms with E-state index in [-0.39, 0.29) is 5.69 Å². The number of aromatic nitrogens is 1. The number of carbonyl (C=O) groups excluding carboxylic acids is 1. The number of esters is 1. The van der Waals surface area contributed by atoms with Crippen molar-refractivity contribution in [1.29, 1.82) is 0 Å². The molecular weight excluding hydrogens is 274 g/mol. The Morgan fingerprint density at radius 1 is 1.69 bits per heavy atom. The molecule has 0 spiro atoms. The van der Waals surface area contributed by atoms with E-state index in [1.807, 2.05) is 0 Å². The topological polar surface area (TPSA) is 48.4 Å². The molecule has 0 N–H and O–H groups in total. The Hall–Kier alpha value is -1.36. The molecule has 1 aromatic heterocycles. The first-order valence-corrected chi connectivity index (χ1v) is 5.52. The van der Waals surface area contributed by atoms with Crippen molar-refractivity contribution in [2.75, 3.05) is 13.7 Å². The highest BCUT2D eigenvalue weighted by atomic mass is 79.9. The zero-order chi connectivity index (χ0) is 11.7. The maximum atomic E-state index is 11.5. The Morgan fingerprint density at radius 3 is 3.12 bits per heavy atom. The molecule has 1 aromatic rings. The highest BCUT2D eigenvalue weighted by Gasteiger charge is 2.24. The molecule has 2 rings (SSSR count). The zero-order valence-corrected chi connectivity index (χ0v) is 10.3. The lowest BCUT2D eigenvalue weighted by molar-refractivity contribution is 0.0588. The van der Waals surface area contributed by atoms with Crippen LogP contribution in [0.1, 0.15) is 22.5 Å². The molecule has 0 aromatic carbocycles. The molecule has 0 atom stereocenters.